The lowest BCUT2D eigenvalue weighted by Crippen LogP contribution is -2.42. The van der Waals surface area contributed by atoms with Gasteiger partial charge in [0.05, 0.1) is 16.4 Å². The highest BCUT2D eigenvalue weighted by Crippen LogP contribution is 2.39. The zero-order valence-electron chi connectivity index (χ0n) is 13.8. The van der Waals surface area contributed by atoms with E-state index in [1.165, 1.54) is 38.4 Å². The molecular weight excluding hydrogens is 342 g/mol. The van der Waals surface area contributed by atoms with E-state index in [-0.39, 0.29) is 28.6 Å². The Morgan fingerprint density at radius 3 is 2.38 bits per heavy atom. The van der Waals surface area contributed by atoms with Gasteiger partial charge in [-0.25, -0.2) is 4.79 Å². The second kappa shape index (κ2) is 5.89. The molecule has 0 amide bonds. The first kappa shape index (κ1) is 17.0. The third-order valence-electron chi connectivity index (χ3n) is 4.25. The Morgan fingerprint density at radius 2 is 1.85 bits per heavy atom. The maximum Gasteiger partial charge on any atom is 0.333 e. The molecule has 0 fully saturated rings. The van der Waals surface area contributed by atoms with Gasteiger partial charge in [-0.3, -0.25) is 24.0 Å². The molecule has 1 aliphatic rings. The number of ether oxygens (including phenoxy) is 1. The molecule has 2 heterocycles. The number of allylic oxidation sites excluding steroid dienone is 1. The molecule has 2 aromatic rings. The van der Waals surface area contributed by atoms with Gasteiger partial charge in [0.25, 0.3) is 11.2 Å². The van der Waals surface area contributed by atoms with E-state index in [9.17, 15) is 25.0 Å². The summed E-state index contributed by atoms with van der Waals surface area (Å²) in [5.74, 6) is -1.19. The fraction of sp³-hybridized carbons (Fsp3) is 0.188. The first-order chi connectivity index (χ1) is 12.3. The number of non-ortho nitro benzene ring substituents is 1. The Kier molecular flexibility index (Phi) is 3.84. The second-order valence-electron chi connectivity index (χ2n) is 5.70. The molecule has 26 heavy (non-hydrogen) atoms. The maximum absolute atomic E-state index is 12.7. The van der Waals surface area contributed by atoms with Crippen LogP contribution in [0.4, 0.5) is 5.69 Å². The van der Waals surface area contributed by atoms with Crippen molar-refractivity contribution in [2.45, 2.75) is 5.92 Å². The summed E-state index contributed by atoms with van der Waals surface area (Å²) in [6.07, 6.45) is 0. The Hall–Kier alpha value is -3.87. The Balaban J connectivity index is 2.34. The highest BCUT2D eigenvalue weighted by Gasteiger charge is 2.36. The number of benzene rings is 1. The molecule has 0 bridgehead atoms. The number of hydrogen-bond donors (Lipinski definition) is 1. The molecule has 0 saturated carbocycles. The van der Waals surface area contributed by atoms with E-state index in [4.69, 9.17) is 10.5 Å². The van der Waals surface area contributed by atoms with Crippen LogP contribution >= 0.6 is 0 Å². The third-order valence-corrected chi connectivity index (χ3v) is 4.25. The minimum absolute atomic E-state index is 0.0119. The molecule has 10 heteroatoms. The minimum Gasteiger partial charge on any atom is -0.423 e. The van der Waals surface area contributed by atoms with E-state index in [0.29, 0.717) is 5.56 Å². The number of hydrogen-bond acceptors (Lipinski definition) is 7. The number of rotatable bonds is 2. The van der Waals surface area contributed by atoms with E-state index in [0.717, 1.165) is 9.13 Å². The van der Waals surface area contributed by atoms with E-state index in [1.807, 2.05) is 6.07 Å². The summed E-state index contributed by atoms with van der Waals surface area (Å²) < 4.78 is 7.39. The van der Waals surface area contributed by atoms with E-state index in [2.05, 4.69) is 0 Å². The monoisotopic (exact) mass is 355 g/mol. The van der Waals surface area contributed by atoms with Crippen LogP contribution in [-0.2, 0) is 14.1 Å². The summed E-state index contributed by atoms with van der Waals surface area (Å²) in [6.45, 7) is 0. The first-order valence-electron chi connectivity index (χ1n) is 7.39. The molecule has 10 nitrogen and oxygen atoms in total. The van der Waals surface area contributed by atoms with Crippen LogP contribution in [0.1, 0.15) is 17.0 Å². The topological polar surface area (TPSA) is 146 Å². The molecular formula is C16H13N5O5. The van der Waals surface area contributed by atoms with E-state index >= 15 is 0 Å². The maximum atomic E-state index is 12.7. The van der Waals surface area contributed by atoms with Crippen LogP contribution in [0.2, 0.25) is 0 Å². The molecule has 0 spiro atoms. The van der Waals surface area contributed by atoms with Crippen molar-refractivity contribution in [2.75, 3.05) is 0 Å². The molecule has 1 aromatic carbocycles. The van der Waals surface area contributed by atoms with Gasteiger partial charge in [-0.05, 0) is 5.56 Å². The average Bonchev–Trinajstić information content (AvgIpc) is 2.63. The van der Waals surface area contributed by atoms with Crippen LogP contribution in [0, 0.1) is 21.4 Å². The molecule has 0 aliphatic carbocycles. The number of nitro groups is 1. The molecule has 1 aliphatic heterocycles. The zero-order valence-corrected chi connectivity index (χ0v) is 13.8. The highest BCUT2D eigenvalue weighted by molar-refractivity contribution is 5.53. The lowest BCUT2D eigenvalue weighted by Gasteiger charge is -2.27. The van der Waals surface area contributed by atoms with Crippen molar-refractivity contribution >= 4 is 5.69 Å². The molecule has 1 aromatic heterocycles. The summed E-state index contributed by atoms with van der Waals surface area (Å²) >= 11 is 0. The van der Waals surface area contributed by atoms with Crippen LogP contribution in [-0.4, -0.2) is 14.1 Å². The number of nitro benzene ring substituents is 1. The Labute approximate surface area is 146 Å². The number of aromatic nitrogens is 2. The molecule has 2 N–H and O–H groups in total. The van der Waals surface area contributed by atoms with Gasteiger partial charge in [-0.1, -0.05) is 12.1 Å². The molecule has 3 rings (SSSR count). The average molecular weight is 355 g/mol. The molecule has 0 unspecified atom stereocenters. The number of nitriles is 1. The van der Waals surface area contributed by atoms with E-state index in [1.54, 1.807) is 0 Å². The molecule has 1 atom stereocenters. The van der Waals surface area contributed by atoms with Crippen LogP contribution in [0.3, 0.4) is 0 Å². The lowest BCUT2D eigenvalue weighted by atomic mass is 9.85. The standard InChI is InChI=1S/C16H13N5O5/c1-19-14(22)12-11(8-3-5-9(6-4-8)21(24)25)10(7-17)13(18)26-15(12)20(2)16(19)23/h3-6,11H,18H2,1-2H3/t11-/m1/s1. The summed E-state index contributed by atoms with van der Waals surface area (Å²) in [5.41, 5.74) is 4.94. The Bertz CT molecular complexity index is 1120. The third kappa shape index (κ3) is 2.34. The Morgan fingerprint density at radius 1 is 1.23 bits per heavy atom. The summed E-state index contributed by atoms with van der Waals surface area (Å²) in [4.78, 5) is 35.1. The van der Waals surface area contributed by atoms with Crippen molar-refractivity contribution in [1.82, 2.24) is 9.13 Å². The van der Waals surface area contributed by atoms with Crippen LogP contribution in [0.5, 0.6) is 5.88 Å². The number of nitrogens with two attached hydrogens (primary N) is 1. The normalized spacial score (nSPS) is 15.8. The van der Waals surface area contributed by atoms with Crippen molar-refractivity contribution in [3.8, 4) is 11.9 Å². The van der Waals surface area contributed by atoms with Crippen molar-refractivity contribution in [1.29, 1.82) is 5.26 Å². The predicted molar refractivity (Wildman–Crippen MR) is 89.3 cm³/mol. The van der Waals surface area contributed by atoms with Crippen molar-refractivity contribution in [3.05, 3.63) is 77.8 Å². The fourth-order valence-corrected chi connectivity index (χ4v) is 2.91. The SMILES string of the molecule is Cn1c2c(c(=O)n(C)c1=O)[C@H](c1ccc([N+](=O)[O-])cc1)C(C#N)=C(N)O2. The first-order valence-corrected chi connectivity index (χ1v) is 7.39. The molecule has 132 valence electrons. The molecule has 0 saturated heterocycles. The fourth-order valence-electron chi connectivity index (χ4n) is 2.91. The predicted octanol–water partition coefficient (Wildman–Crippen LogP) is 0.210. The lowest BCUT2D eigenvalue weighted by molar-refractivity contribution is -0.384. The van der Waals surface area contributed by atoms with Gasteiger partial charge < -0.3 is 10.5 Å². The highest BCUT2D eigenvalue weighted by atomic mass is 16.6. The summed E-state index contributed by atoms with van der Waals surface area (Å²) in [7, 11) is 2.73. The van der Waals surface area contributed by atoms with Crippen molar-refractivity contribution in [3.63, 3.8) is 0 Å². The van der Waals surface area contributed by atoms with Crippen LogP contribution in [0.25, 0.3) is 0 Å². The number of fused-ring (bicyclic) bond motifs is 1. The van der Waals surface area contributed by atoms with Crippen LogP contribution < -0.4 is 21.7 Å². The van der Waals surface area contributed by atoms with Gasteiger partial charge in [0, 0.05) is 26.2 Å². The van der Waals surface area contributed by atoms with Gasteiger partial charge in [-0.15, -0.1) is 0 Å². The van der Waals surface area contributed by atoms with E-state index < -0.39 is 22.1 Å². The van der Waals surface area contributed by atoms with Crippen LogP contribution in [0.15, 0.2) is 45.3 Å². The van der Waals surface area contributed by atoms with Gasteiger partial charge in [0.2, 0.25) is 11.8 Å². The second-order valence-corrected chi connectivity index (χ2v) is 5.70. The smallest absolute Gasteiger partial charge is 0.333 e. The largest absolute Gasteiger partial charge is 0.423 e. The summed E-state index contributed by atoms with van der Waals surface area (Å²) in [6, 6.07) is 7.33. The van der Waals surface area contributed by atoms with Gasteiger partial charge in [0.1, 0.15) is 11.6 Å². The number of nitrogens with zero attached hydrogens (tertiary/aromatic N) is 4. The van der Waals surface area contributed by atoms with Crippen molar-refractivity contribution < 1.29 is 9.66 Å². The minimum atomic E-state index is -0.907. The van der Waals surface area contributed by atoms with Gasteiger partial charge in [-0.2, -0.15) is 5.26 Å². The quantitative estimate of drug-likeness (QED) is 0.598. The molecule has 0 radical (unpaired) electrons. The van der Waals surface area contributed by atoms with Crippen molar-refractivity contribution in [2.24, 2.45) is 19.8 Å². The summed E-state index contributed by atoms with van der Waals surface area (Å²) in [5, 5.41) is 20.3. The zero-order chi connectivity index (χ0) is 19.2. The van der Waals surface area contributed by atoms with Gasteiger partial charge >= 0.3 is 5.69 Å². The van der Waals surface area contributed by atoms with Gasteiger partial charge in [0.15, 0.2) is 0 Å².